The van der Waals surface area contributed by atoms with Gasteiger partial charge in [-0.25, -0.2) is 0 Å². The number of piperidine rings is 1. The molecule has 0 aromatic heterocycles. The molecule has 1 unspecified atom stereocenters. The van der Waals surface area contributed by atoms with Crippen molar-refractivity contribution in [3.05, 3.63) is 0 Å². The number of nitrogens with one attached hydrogen (secondary N) is 1. The van der Waals surface area contributed by atoms with Gasteiger partial charge >= 0.3 is 0 Å². The first-order valence-electron chi connectivity index (χ1n) is 8.49. The van der Waals surface area contributed by atoms with Crippen LogP contribution in [0.3, 0.4) is 0 Å². The molecule has 0 amide bonds. The molecule has 0 aromatic rings. The number of hydrogen-bond donors (Lipinski definition) is 2. The molecule has 3 heteroatoms. The second kappa shape index (κ2) is 8.35. The van der Waals surface area contributed by atoms with Gasteiger partial charge in [0.1, 0.15) is 0 Å². The standard InChI is InChI=1S/C17H36N2O/c1-5-11-18-17(4,15-20)10-6-7-12-19-13-8-9-16(2,3)14-19/h18,20H,5-15H2,1-4H3. The van der Waals surface area contributed by atoms with E-state index in [0.717, 1.165) is 19.4 Å². The zero-order valence-corrected chi connectivity index (χ0v) is 14.2. The summed E-state index contributed by atoms with van der Waals surface area (Å²) in [6.07, 6.45) is 7.36. The number of rotatable bonds is 9. The Labute approximate surface area is 126 Å². The molecule has 20 heavy (non-hydrogen) atoms. The van der Waals surface area contributed by atoms with E-state index in [1.54, 1.807) is 0 Å². The van der Waals surface area contributed by atoms with Gasteiger partial charge in [-0.05, 0) is 64.1 Å². The van der Waals surface area contributed by atoms with Crippen LogP contribution in [-0.4, -0.2) is 48.3 Å². The molecule has 120 valence electrons. The Morgan fingerprint density at radius 2 is 2.05 bits per heavy atom. The molecule has 0 aromatic carbocycles. The topological polar surface area (TPSA) is 35.5 Å². The summed E-state index contributed by atoms with van der Waals surface area (Å²) >= 11 is 0. The maximum atomic E-state index is 9.56. The van der Waals surface area contributed by atoms with Crippen molar-refractivity contribution in [3.8, 4) is 0 Å². The Bertz CT molecular complexity index is 268. The summed E-state index contributed by atoms with van der Waals surface area (Å²) in [5, 5.41) is 13.0. The van der Waals surface area contributed by atoms with Crippen molar-refractivity contribution < 1.29 is 5.11 Å². The minimum Gasteiger partial charge on any atom is -0.394 e. The summed E-state index contributed by atoms with van der Waals surface area (Å²) in [5.74, 6) is 0. The third-order valence-corrected chi connectivity index (χ3v) is 4.58. The van der Waals surface area contributed by atoms with Crippen LogP contribution in [0.2, 0.25) is 0 Å². The van der Waals surface area contributed by atoms with E-state index >= 15 is 0 Å². The van der Waals surface area contributed by atoms with Crippen LogP contribution >= 0.6 is 0 Å². The molecule has 3 nitrogen and oxygen atoms in total. The van der Waals surface area contributed by atoms with Gasteiger partial charge in [-0.1, -0.05) is 27.2 Å². The largest absolute Gasteiger partial charge is 0.394 e. The summed E-state index contributed by atoms with van der Waals surface area (Å²) in [6.45, 7) is 14.1. The van der Waals surface area contributed by atoms with Gasteiger partial charge in [0.25, 0.3) is 0 Å². The molecule has 1 atom stereocenters. The van der Waals surface area contributed by atoms with Gasteiger partial charge in [-0.3, -0.25) is 0 Å². The lowest BCUT2D eigenvalue weighted by molar-refractivity contribution is 0.113. The molecule has 0 radical (unpaired) electrons. The van der Waals surface area contributed by atoms with E-state index in [1.807, 2.05) is 0 Å². The van der Waals surface area contributed by atoms with Crippen molar-refractivity contribution in [2.45, 2.75) is 71.8 Å². The molecule has 1 rings (SSSR count). The maximum Gasteiger partial charge on any atom is 0.0610 e. The first kappa shape index (κ1) is 17.9. The Balaban J connectivity index is 2.20. The normalized spacial score (nSPS) is 22.6. The fourth-order valence-electron chi connectivity index (χ4n) is 3.24. The smallest absolute Gasteiger partial charge is 0.0610 e. The van der Waals surface area contributed by atoms with E-state index in [-0.39, 0.29) is 12.1 Å². The molecule has 1 saturated heterocycles. The highest BCUT2D eigenvalue weighted by Crippen LogP contribution is 2.28. The zero-order valence-electron chi connectivity index (χ0n) is 14.2. The quantitative estimate of drug-likeness (QED) is 0.639. The van der Waals surface area contributed by atoms with Gasteiger partial charge in [-0.2, -0.15) is 0 Å². The molecule has 1 aliphatic rings. The summed E-state index contributed by atoms with van der Waals surface area (Å²) in [6, 6.07) is 0. The number of hydrogen-bond acceptors (Lipinski definition) is 3. The molecule has 1 aliphatic heterocycles. The molecule has 1 fully saturated rings. The average molecular weight is 284 g/mol. The monoisotopic (exact) mass is 284 g/mol. The summed E-state index contributed by atoms with van der Waals surface area (Å²) in [4.78, 5) is 2.62. The summed E-state index contributed by atoms with van der Waals surface area (Å²) in [5.41, 5.74) is 0.414. The second-order valence-electron chi connectivity index (χ2n) is 7.65. The average Bonchev–Trinajstić information content (AvgIpc) is 2.40. The Morgan fingerprint density at radius 1 is 1.30 bits per heavy atom. The highest BCUT2D eigenvalue weighted by molar-refractivity contribution is 4.83. The van der Waals surface area contributed by atoms with Crippen molar-refractivity contribution >= 4 is 0 Å². The zero-order chi connectivity index (χ0) is 15.1. The molecule has 0 spiro atoms. The Kier molecular flexibility index (Phi) is 7.49. The van der Waals surface area contributed by atoms with Gasteiger partial charge in [0, 0.05) is 12.1 Å². The minimum atomic E-state index is -0.0861. The van der Waals surface area contributed by atoms with E-state index in [1.165, 1.54) is 45.3 Å². The van der Waals surface area contributed by atoms with Crippen LogP contribution in [0.5, 0.6) is 0 Å². The molecule has 2 N–H and O–H groups in total. The molecule has 0 aliphatic carbocycles. The highest BCUT2D eigenvalue weighted by Gasteiger charge is 2.26. The van der Waals surface area contributed by atoms with E-state index in [0.29, 0.717) is 5.41 Å². The highest BCUT2D eigenvalue weighted by atomic mass is 16.3. The van der Waals surface area contributed by atoms with Gasteiger partial charge in [0.15, 0.2) is 0 Å². The van der Waals surface area contributed by atoms with E-state index in [4.69, 9.17) is 0 Å². The Morgan fingerprint density at radius 3 is 2.65 bits per heavy atom. The minimum absolute atomic E-state index is 0.0861. The van der Waals surface area contributed by atoms with Gasteiger partial charge < -0.3 is 15.3 Å². The van der Waals surface area contributed by atoms with Gasteiger partial charge in [0.05, 0.1) is 6.61 Å². The van der Waals surface area contributed by atoms with Crippen molar-refractivity contribution in [1.82, 2.24) is 10.2 Å². The summed E-state index contributed by atoms with van der Waals surface area (Å²) in [7, 11) is 0. The first-order chi connectivity index (χ1) is 9.41. The third kappa shape index (κ3) is 6.55. The third-order valence-electron chi connectivity index (χ3n) is 4.58. The first-order valence-corrected chi connectivity index (χ1v) is 8.49. The lowest BCUT2D eigenvalue weighted by Crippen LogP contribution is -2.46. The Hall–Kier alpha value is -0.120. The van der Waals surface area contributed by atoms with Gasteiger partial charge in [0.2, 0.25) is 0 Å². The predicted molar refractivity (Wildman–Crippen MR) is 87.1 cm³/mol. The van der Waals surface area contributed by atoms with Crippen LogP contribution in [0.15, 0.2) is 0 Å². The number of unbranched alkanes of at least 4 members (excludes halogenated alkanes) is 1. The van der Waals surface area contributed by atoms with E-state index < -0.39 is 0 Å². The fraction of sp³-hybridized carbons (Fsp3) is 1.00. The molecule has 0 bridgehead atoms. The molecule has 0 saturated carbocycles. The van der Waals surface area contributed by atoms with Crippen molar-refractivity contribution in [2.24, 2.45) is 5.41 Å². The van der Waals surface area contributed by atoms with E-state index in [2.05, 4.69) is 37.9 Å². The fourth-order valence-corrected chi connectivity index (χ4v) is 3.24. The molecule has 1 heterocycles. The van der Waals surface area contributed by atoms with Gasteiger partial charge in [-0.15, -0.1) is 0 Å². The lowest BCUT2D eigenvalue weighted by Gasteiger charge is -2.38. The lowest BCUT2D eigenvalue weighted by atomic mass is 9.84. The van der Waals surface area contributed by atoms with Crippen molar-refractivity contribution in [3.63, 3.8) is 0 Å². The van der Waals surface area contributed by atoms with Crippen LogP contribution in [0, 0.1) is 5.41 Å². The van der Waals surface area contributed by atoms with Crippen LogP contribution < -0.4 is 5.32 Å². The molecular weight excluding hydrogens is 248 g/mol. The van der Waals surface area contributed by atoms with Crippen molar-refractivity contribution in [1.29, 1.82) is 0 Å². The number of aliphatic hydroxyl groups excluding tert-OH is 1. The van der Waals surface area contributed by atoms with E-state index in [9.17, 15) is 5.11 Å². The summed E-state index contributed by atoms with van der Waals surface area (Å²) < 4.78 is 0. The van der Waals surface area contributed by atoms with Crippen LogP contribution in [-0.2, 0) is 0 Å². The molecular formula is C17H36N2O. The van der Waals surface area contributed by atoms with Crippen LogP contribution in [0.1, 0.15) is 66.2 Å². The van der Waals surface area contributed by atoms with Crippen LogP contribution in [0.4, 0.5) is 0 Å². The number of aliphatic hydroxyl groups is 1. The SMILES string of the molecule is CCCNC(C)(CO)CCCCN1CCCC(C)(C)C1. The van der Waals surface area contributed by atoms with Crippen LogP contribution in [0.25, 0.3) is 0 Å². The maximum absolute atomic E-state index is 9.56. The predicted octanol–water partition coefficient (Wildman–Crippen LogP) is 3.03. The van der Waals surface area contributed by atoms with Crippen molar-refractivity contribution in [2.75, 3.05) is 32.8 Å². The number of likely N-dealkylation sites (tertiary alicyclic amines) is 1. The number of nitrogens with zero attached hydrogens (tertiary/aromatic N) is 1. The second-order valence-corrected chi connectivity index (χ2v) is 7.65.